The third kappa shape index (κ3) is 8.38. The standard InChI is InChI=1S/C21H46O3Si2/c1-11-15-19(22)17-20(24-26(12-2,13-3)14-4)16-18(5)23-25(9,10)21(6,7)8/h11,18-20,22H,1,12-17H2,2-10H3/t18-,19+,20+/m1/s1. The summed E-state index contributed by atoms with van der Waals surface area (Å²) in [6.07, 6.45) is 3.78. The van der Waals surface area contributed by atoms with E-state index in [1.807, 2.05) is 0 Å². The van der Waals surface area contributed by atoms with Gasteiger partial charge in [0.2, 0.25) is 0 Å². The van der Waals surface area contributed by atoms with E-state index in [4.69, 9.17) is 8.85 Å². The van der Waals surface area contributed by atoms with Crippen molar-refractivity contribution >= 4 is 16.6 Å². The second kappa shape index (κ2) is 11.2. The molecule has 1 N–H and O–H groups in total. The predicted octanol–water partition coefficient (Wildman–Crippen LogP) is 6.50. The normalized spacial score (nSPS) is 17.0. The van der Waals surface area contributed by atoms with Crippen LogP contribution in [0.1, 0.15) is 67.7 Å². The van der Waals surface area contributed by atoms with E-state index in [2.05, 4.69) is 68.1 Å². The van der Waals surface area contributed by atoms with Crippen molar-refractivity contribution in [1.29, 1.82) is 0 Å². The Labute approximate surface area is 165 Å². The summed E-state index contributed by atoms with van der Waals surface area (Å²) in [5.74, 6) is 0. The van der Waals surface area contributed by atoms with E-state index in [-0.39, 0.29) is 23.4 Å². The van der Waals surface area contributed by atoms with Crippen molar-refractivity contribution in [1.82, 2.24) is 0 Å². The summed E-state index contributed by atoms with van der Waals surface area (Å²) in [5, 5.41) is 10.5. The molecule has 3 atom stereocenters. The van der Waals surface area contributed by atoms with E-state index in [1.165, 1.54) is 0 Å². The Hall–Kier alpha value is 0.0538. The van der Waals surface area contributed by atoms with E-state index in [9.17, 15) is 5.11 Å². The fourth-order valence-corrected chi connectivity index (χ4v) is 7.59. The van der Waals surface area contributed by atoms with Crippen LogP contribution >= 0.6 is 0 Å². The van der Waals surface area contributed by atoms with Crippen LogP contribution in [0.3, 0.4) is 0 Å². The first-order valence-electron chi connectivity index (χ1n) is 10.5. The van der Waals surface area contributed by atoms with Gasteiger partial charge in [0.15, 0.2) is 16.6 Å². The Morgan fingerprint density at radius 3 is 1.88 bits per heavy atom. The van der Waals surface area contributed by atoms with Gasteiger partial charge >= 0.3 is 0 Å². The molecule has 0 aromatic heterocycles. The van der Waals surface area contributed by atoms with Crippen LogP contribution in [0.2, 0.25) is 36.3 Å². The summed E-state index contributed by atoms with van der Waals surface area (Å²) in [4.78, 5) is 0. The Morgan fingerprint density at radius 1 is 1.00 bits per heavy atom. The maximum atomic E-state index is 10.3. The van der Waals surface area contributed by atoms with Crippen LogP contribution in [0.4, 0.5) is 0 Å². The van der Waals surface area contributed by atoms with Crippen LogP contribution in [0, 0.1) is 0 Å². The first-order valence-corrected chi connectivity index (χ1v) is 15.9. The Balaban J connectivity index is 5.19. The van der Waals surface area contributed by atoms with Crippen LogP contribution in [0.5, 0.6) is 0 Å². The Kier molecular flexibility index (Phi) is 11.2. The van der Waals surface area contributed by atoms with Gasteiger partial charge < -0.3 is 14.0 Å². The molecule has 0 heterocycles. The summed E-state index contributed by atoms with van der Waals surface area (Å²) in [5.41, 5.74) is 0. The summed E-state index contributed by atoms with van der Waals surface area (Å²) in [6.45, 7) is 24.1. The minimum Gasteiger partial charge on any atom is -0.414 e. The maximum absolute atomic E-state index is 10.3. The zero-order valence-electron chi connectivity index (χ0n) is 19.0. The van der Waals surface area contributed by atoms with E-state index < -0.39 is 16.6 Å². The minimum atomic E-state index is -1.80. The lowest BCUT2D eigenvalue weighted by atomic mass is 10.0. The highest BCUT2D eigenvalue weighted by Gasteiger charge is 2.39. The van der Waals surface area contributed by atoms with Crippen LogP contribution in [-0.4, -0.2) is 40.1 Å². The van der Waals surface area contributed by atoms with Crippen LogP contribution in [0.15, 0.2) is 12.7 Å². The SMILES string of the molecule is C=CC[C@H](O)C[C@H](C[C@@H](C)O[Si](C)(C)C(C)(C)C)O[Si](CC)(CC)CC. The van der Waals surface area contributed by atoms with Crippen LogP contribution in [-0.2, 0) is 8.85 Å². The first-order chi connectivity index (χ1) is 11.9. The van der Waals surface area contributed by atoms with Gasteiger partial charge in [-0.25, -0.2) is 0 Å². The second-order valence-corrected chi connectivity index (χ2v) is 18.8. The molecule has 0 fully saturated rings. The van der Waals surface area contributed by atoms with Crippen LogP contribution in [0.25, 0.3) is 0 Å². The first kappa shape index (κ1) is 26.1. The van der Waals surface area contributed by atoms with E-state index >= 15 is 0 Å². The van der Waals surface area contributed by atoms with Crippen molar-refractivity contribution in [3.8, 4) is 0 Å². The molecule has 0 rings (SSSR count). The number of aliphatic hydroxyl groups excluding tert-OH is 1. The lowest BCUT2D eigenvalue weighted by Crippen LogP contribution is -2.46. The molecular formula is C21H46O3Si2. The molecule has 0 unspecified atom stereocenters. The molecule has 0 saturated carbocycles. The second-order valence-electron chi connectivity index (χ2n) is 9.32. The zero-order valence-corrected chi connectivity index (χ0v) is 21.0. The molecule has 26 heavy (non-hydrogen) atoms. The monoisotopic (exact) mass is 402 g/mol. The van der Waals surface area contributed by atoms with Crippen molar-refractivity contribution in [2.24, 2.45) is 0 Å². The summed E-state index contributed by atoms with van der Waals surface area (Å²) in [6, 6.07) is 3.39. The molecule has 0 spiro atoms. The van der Waals surface area contributed by atoms with E-state index in [0.29, 0.717) is 12.8 Å². The molecule has 0 radical (unpaired) electrons. The summed E-state index contributed by atoms with van der Waals surface area (Å²) < 4.78 is 13.3. The molecule has 3 nitrogen and oxygen atoms in total. The molecule has 0 saturated heterocycles. The topological polar surface area (TPSA) is 38.7 Å². The Morgan fingerprint density at radius 2 is 1.50 bits per heavy atom. The van der Waals surface area contributed by atoms with Gasteiger partial charge in [-0.3, -0.25) is 0 Å². The fraction of sp³-hybridized carbons (Fsp3) is 0.905. The van der Waals surface area contributed by atoms with Crippen molar-refractivity contribution in [3.05, 3.63) is 12.7 Å². The zero-order chi connectivity index (χ0) is 20.6. The molecule has 0 aliphatic rings. The maximum Gasteiger partial charge on any atom is 0.192 e. The molecule has 5 heteroatoms. The largest absolute Gasteiger partial charge is 0.414 e. The minimum absolute atomic E-state index is 0.0660. The van der Waals surface area contributed by atoms with E-state index in [1.54, 1.807) is 6.08 Å². The lowest BCUT2D eigenvalue weighted by molar-refractivity contribution is 0.0564. The average Bonchev–Trinajstić information content (AvgIpc) is 2.51. The number of hydrogen-bond donors (Lipinski definition) is 1. The van der Waals surface area contributed by atoms with Crippen molar-refractivity contribution in [2.45, 2.75) is 122 Å². The Bertz CT molecular complexity index is 392. The number of aliphatic hydroxyl groups is 1. The number of rotatable bonds is 13. The highest BCUT2D eigenvalue weighted by molar-refractivity contribution is 6.74. The molecule has 0 amide bonds. The highest BCUT2D eigenvalue weighted by atomic mass is 28.4. The molecule has 0 aromatic carbocycles. The number of hydrogen-bond acceptors (Lipinski definition) is 3. The van der Waals surface area contributed by atoms with E-state index in [0.717, 1.165) is 24.6 Å². The van der Waals surface area contributed by atoms with Crippen molar-refractivity contribution in [2.75, 3.05) is 0 Å². The average molecular weight is 403 g/mol. The predicted molar refractivity (Wildman–Crippen MR) is 120 cm³/mol. The van der Waals surface area contributed by atoms with Gasteiger partial charge in [0.1, 0.15) is 0 Å². The van der Waals surface area contributed by atoms with Gasteiger partial charge in [0.05, 0.1) is 6.10 Å². The molecule has 0 aromatic rings. The summed E-state index contributed by atoms with van der Waals surface area (Å²) >= 11 is 0. The van der Waals surface area contributed by atoms with Gasteiger partial charge in [-0.1, -0.05) is 47.6 Å². The van der Waals surface area contributed by atoms with Gasteiger partial charge in [0, 0.05) is 12.2 Å². The smallest absolute Gasteiger partial charge is 0.192 e. The quantitative estimate of drug-likeness (QED) is 0.282. The van der Waals surface area contributed by atoms with Gasteiger partial charge in [0.25, 0.3) is 0 Å². The molecule has 0 aliphatic carbocycles. The van der Waals surface area contributed by atoms with Crippen molar-refractivity contribution < 1.29 is 14.0 Å². The molecule has 0 bridgehead atoms. The fourth-order valence-electron chi connectivity index (χ4n) is 3.24. The highest BCUT2D eigenvalue weighted by Crippen LogP contribution is 2.38. The van der Waals surface area contributed by atoms with Gasteiger partial charge in [-0.2, -0.15) is 0 Å². The molecular weight excluding hydrogens is 356 g/mol. The van der Waals surface area contributed by atoms with Gasteiger partial charge in [-0.15, -0.1) is 6.58 Å². The lowest BCUT2D eigenvalue weighted by Gasteiger charge is -2.40. The summed E-state index contributed by atoms with van der Waals surface area (Å²) in [7, 11) is -3.51. The van der Waals surface area contributed by atoms with Crippen molar-refractivity contribution in [3.63, 3.8) is 0 Å². The van der Waals surface area contributed by atoms with Crippen LogP contribution < -0.4 is 0 Å². The third-order valence-electron chi connectivity index (χ3n) is 6.22. The molecule has 0 aliphatic heterocycles. The third-order valence-corrected chi connectivity index (χ3v) is 15.5. The molecule has 156 valence electrons. The van der Waals surface area contributed by atoms with Gasteiger partial charge in [-0.05, 0) is 62.5 Å².